The molecule has 0 fully saturated rings. The summed E-state index contributed by atoms with van der Waals surface area (Å²) in [5.74, 6) is 0.552. The number of ether oxygens (including phenoxy) is 1. The van der Waals surface area contributed by atoms with Crippen molar-refractivity contribution < 1.29 is 13.2 Å². The number of benzene rings is 1. The summed E-state index contributed by atoms with van der Waals surface area (Å²) < 4.78 is 28.0. The molecular formula is C10H10Cl2O3S. The molecule has 1 aliphatic heterocycles. The molecule has 6 heteroatoms. The van der Waals surface area contributed by atoms with Crippen LogP contribution in [0.3, 0.4) is 0 Å². The van der Waals surface area contributed by atoms with Crippen molar-refractivity contribution in [1.82, 2.24) is 0 Å². The summed E-state index contributed by atoms with van der Waals surface area (Å²) in [6.45, 7) is 3.83. The maximum atomic E-state index is 11.2. The highest BCUT2D eigenvalue weighted by atomic mass is 35.7. The van der Waals surface area contributed by atoms with Gasteiger partial charge in [-0.05, 0) is 26.0 Å². The second kappa shape index (κ2) is 3.52. The molecule has 1 aromatic carbocycles. The largest absolute Gasteiger partial charge is 0.486 e. The maximum Gasteiger partial charge on any atom is 0.261 e. The van der Waals surface area contributed by atoms with Crippen LogP contribution >= 0.6 is 22.3 Å². The molecule has 0 saturated heterocycles. The van der Waals surface area contributed by atoms with Crippen molar-refractivity contribution in [3.8, 4) is 5.75 Å². The van der Waals surface area contributed by atoms with Gasteiger partial charge in [-0.25, -0.2) is 8.42 Å². The molecule has 1 heterocycles. The lowest BCUT2D eigenvalue weighted by molar-refractivity contribution is 0.138. The van der Waals surface area contributed by atoms with Crippen LogP contribution in [0.5, 0.6) is 5.75 Å². The van der Waals surface area contributed by atoms with Crippen LogP contribution in [0.4, 0.5) is 0 Å². The van der Waals surface area contributed by atoms with E-state index >= 15 is 0 Å². The van der Waals surface area contributed by atoms with E-state index in [1.165, 1.54) is 12.1 Å². The van der Waals surface area contributed by atoms with E-state index in [4.69, 9.17) is 27.0 Å². The number of halogens is 2. The second-order valence-corrected chi connectivity index (χ2v) is 7.34. The Hall–Kier alpha value is -0.450. The summed E-state index contributed by atoms with van der Waals surface area (Å²) in [6.07, 6.45) is 0.613. The monoisotopic (exact) mass is 280 g/mol. The van der Waals surface area contributed by atoms with Crippen LogP contribution in [0.25, 0.3) is 0 Å². The van der Waals surface area contributed by atoms with Crippen molar-refractivity contribution in [3.63, 3.8) is 0 Å². The van der Waals surface area contributed by atoms with E-state index in [0.29, 0.717) is 12.2 Å². The summed E-state index contributed by atoms with van der Waals surface area (Å²) in [5, 5.41) is 0.280. The number of fused-ring (bicyclic) bond motifs is 1. The van der Waals surface area contributed by atoms with Crippen molar-refractivity contribution in [2.24, 2.45) is 0 Å². The zero-order valence-electron chi connectivity index (χ0n) is 8.75. The van der Waals surface area contributed by atoms with Crippen LogP contribution in [0.1, 0.15) is 19.4 Å². The summed E-state index contributed by atoms with van der Waals surface area (Å²) >= 11 is 5.96. The fourth-order valence-electron chi connectivity index (χ4n) is 1.78. The Balaban J connectivity index is 2.59. The Morgan fingerprint density at radius 2 is 2.00 bits per heavy atom. The molecule has 0 aliphatic carbocycles. The lowest BCUT2D eigenvalue weighted by Crippen LogP contribution is -2.24. The van der Waals surface area contributed by atoms with E-state index in [1.54, 1.807) is 0 Å². The van der Waals surface area contributed by atoms with Gasteiger partial charge < -0.3 is 4.74 Å². The highest BCUT2D eigenvalue weighted by molar-refractivity contribution is 8.13. The van der Waals surface area contributed by atoms with Crippen LogP contribution in [0.15, 0.2) is 17.0 Å². The number of rotatable bonds is 1. The first kappa shape index (κ1) is 12.0. The zero-order valence-corrected chi connectivity index (χ0v) is 11.1. The average Bonchev–Trinajstić information content (AvgIpc) is 2.38. The number of hydrogen-bond donors (Lipinski definition) is 0. The van der Waals surface area contributed by atoms with Crippen LogP contribution in [-0.2, 0) is 15.5 Å². The van der Waals surface area contributed by atoms with Gasteiger partial charge >= 0.3 is 0 Å². The van der Waals surface area contributed by atoms with Gasteiger partial charge in [0.1, 0.15) is 11.4 Å². The molecule has 3 nitrogen and oxygen atoms in total. The molecule has 0 atom stereocenters. The van der Waals surface area contributed by atoms with E-state index in [1.807, 2.05) is 13.8 Å². The molecule has 0 saturated carbocycles. The lowest BCUT2D eigenvalue weighted by Gasteiger charge is -2.17. The van der Waals surface area contributed by atoms with Gasteiger partial charge in [0.2, 0.25) is 0 Å². The van der Waals surface area contributed by atoms with Crippen molar-refractivity contribution >= 4 is 31.3 Å². The van der Waals surface area contributed by atoms with Crippen LogP contribution < -0.4 is 4.74 Å². The molecule has 0 radical (unpaired) electrons. The van der Waals surface area contributed by atoms with Gasteiger partial charge in [-0.2, -0.15) is 0 Å². The van der Waals surface area contributed by atoms with Gasteiger partial charge in [-0.3, -0.25) is 0 Å². The van der Waals surface area contributed by atoms with Crippen LogP contribution in [-0.4, -0.2) is 14.0 Å². The third-order valence-electron chi connectivity index (χ3n) is 2.37. The quantitative estimate of drug-likeness (QED) is 0.743. The first-order valence-electron chi connectivity index (χ1n) is 4.65. The Kier molecular flexibility index (Phi) is 2.64. The van der Waals surface area contributed by atoms with Gasteiger partial charge in [-0.1, -0.05) is 11.6 Å². The van der Waals surface area contributed by atoms with E-state index in [2.05, 4.69) is 0 Å². The Morgan fingerprint density at radius 3 is 2.56 bits per heavy atom. The van der Waals surface area contributed by atoms with Gasteiger partial charge in [0, 0.05) is 22.7 Å². The molecule has 88 valence electrons. The van der Waals surface area contributed by atoms with E-state index < -0.39 is 9.05 Å². The van der Waals surface area contributed by atoms with Crippen molar-refractivity contribution in [2.45, 2.75) is 30.8 Å². The first-order valence-corrected chi connectivity index (χ1v) is 7.34. The Labute approximate surface area is 104 Å². The van der Waals surface area contributed by atoms with E-state index in [9.17, 15) is 8.42 Å². The molecule has 0 aromatic heterocycles. The standard InChI is InChI=1S/C10H10Cl2O3S/c1-10(2)5-6-3-7(16(12,13)14)4-8(11)9(6)15-10/h3-4H,5H2,1-2H3. The predicted molar refractivity (Wildman–Crippen MR) is 62.9 cm³/mol. The minimum Gasteiger partial charge on any atom is -0.486 e. The minimum absolute atomic E-state index is 0.0132. The molecule has 1 aliphatic rings. The molecule has 1 aromatic rings. The summed E-state index contributed by atoms with van der Waals surface area (Å²) in [5.41, 5.74) is 0.414. The lowest BCUT2D eigenvalue weighted by atomic mass is 10.0. The van der Waals surface area contributed by atoms with Gasteiger partial charge in [-0.15, -0.1) is 0 Å². The maximum absolute atomic E-state index is 11.2. The third kappa shape index (κ3) is 2.14. The molecule has 16 heavy (non-hydrogen) atoms. The summed E-state index contributed by atoms with van der Waals surface area (Å²) in [4.78, 5) is 0.0132. The second-order valence-electron chi connectivity index (χ2n) is 4.37. The van der Waals surface area contributed by atoms with Crippen LogP contribution in [0.2, 0.25) is 5.02 Å². The molecule has 0 unspecified atom stereocenters. The first-order chi connectivity index (χ1) is 7.19. The SMILES string of the molecule is CC1(C)Cc2cc(S(=O)(=O)Cl)cc(Cl)c2O1. The zero-order chi connectivity index (χ0) is 12.1. The smallest absolute Gasteiger partial charge is 0.261 e. The van der Waals surface area contributed by atoms with Gasteiger partial charge in [0.15, 0.2) is 0 Å². The molecular weight excluding hydrogens is 271 g/mol. The molecule has 0 amide bonds. The molecule has 0 N–H and O–H groups in total. The van der Waals surface area contributed by atoms with Crippen molar-refractivity contribution in [1.29, 1.82) is 0 Å². The average molecular weight is 281 g/mol. The number of hydrogen-bond acceptors (Lipinski definition) is 3. The summed E-state index contributed by atoms with van der Waals surface area (Å²) in [7, 11) is 1.52. The topological polar surface area (TPSA) is 43.4 Å². The van der Waals surface area contributed by atoms with E-state index in [0.717, 1.165) is 5.56 Å². The molecule has 2 rings (SSSR count). The normalized spacial score (nSPS) is 18.0. The minimum atomic E-state index is -3.75. The molecule has 0 spiro atoms. The Bertz CT molecular complexity index is 549. The fourth-order valence-corrected chi connectivity index (χ4v) is 2.93. The highest BCUT2D eigenvalue weighted by Crippen LogP contribution is 2.42. The van der Waals surface area contributed by atoms with Gasteiger partial charge in [0.05, 0.1) is 9.92 Å². The van der Waals surface area contributed by atoms with E-state index in [-0.39, 0.29) is 15.5 Å². The van der Waals surface area contributed by atoms with Gasteiger partial charge in [0.25, 0.3) is 9.05 Å². The predicted octanol–water partition coefficient (Wildman–Crippen LogP) is 2.98. The Morgan fingerprint density at radius 1 is 1.38 bits per heavy atom. The summed E-state index contributed by atoms with van der Waals surface area (Å²) in [6, 6.07) is 2.82. The van der Waals surface area contributed by atoms with Crippen LogP contribution in [0, 0.1) is 0 Å². The molecule has 0 bridgehead atoms. The third-order valence-corrected chi connectivity index (χ3v) is 3.98. The highest BCUT2D eigenvalue weighted by Gasteiger charge is 2.33. The van der Waals surface area contributed by atoms with Crippen molar-refractivity contribution in [2.75, 3.05) is 0 Å². The fraction of sp³-hybridized carbons (Fsp3) is 0.400. The van der Waals surface area contributed by atoms with Crippen molar-refractivity contribution in [3.05, 3.63) is 22.7 Å².